The van der Waals surface area contributed by atoms with Gasteiger partial charge in [-0.05, 0) is 61.4 Å². The number of para-hydroxylation sites is 1. The summed E-state index contributed by atoms with van der Waals surface area (Å²) in [6.45, 7) is 3.29. The Labute approximate surface area is 197 Å². The highest BCUT2D eigenvalue weighted by Crippen LogP contribution is 2.34. The zero-order valence-electron chi connectivity index (χ0n) is 18.7. The van der Waals surface area contributed by atoms with Crippen LogP contribution in [0.4, 0.5) is 18.9 Å². The molecule has 35 heavy (non-hydrogen) atoms. The van der Waals surface area contributed by atoms with Crippen LogP contribution < -0.4 is 20.2 Å². The molecule has 0 saturated carbocycles. The molecule has 1 amide bonds. The first-order chi connectivity index (χ1) is 16.6. The number of fused-ring (bicyclic) bond motifs is 1. The second-order valence-corrected chi connectivity index (χ2v) is 7.89. The molecule has 0 spiro atoms. The van der Waals surface area contributed by atoms with Gasteiger partial charge in [-0.2, -0.15) is 13.2 Å². The number of hydrogen-bond acceptors (Lipinski definition) is 5. The monoisotopic (exact) mass is 483 g/mol. The van der Waals surface area contributed by atoms with Crippen LogP contribution in [0.25, 0.3) is 11.0 Å². The van der Waals surface area contributed by atoms with Gasteiger partial charge in [0.1, 0.15) is 23.3 Å². The van der Waals surface area contributed by atoms with E-state index in [0.29, 0.717) is 5.75 Å². The first-order valence-corrected chi connectivity index (χ1v) is 10.5. The van der Waals surface area contributed by atoms with Crippen LogP contribution in [0.1, 0.15) is 16.7 Å². The highest BCUT2D eigenvalue weighted by Gasteiger charge is 2.33. The lowest BCUT2D eigenvalue weighted by molar-refractivity contribution is -0.137. The summed E-state index contributed by atoms with van der Waals surface area (Å²) in [6.07, 6.45) is -3.42. The number of carbonyl (C=O) groups is 1. The number of carbonyl (C=O) groups excluding carboxylic acids is 1. The van der Waals surface area contributed by atoms with Crippen LogP contribution in [0.2, 0.25) is 0 Å². The molecule has 180 valence electrons. The smallest absolute Gasteiger partial charge is 0.418 e. The second kappa shape index (κ2) is 9.54. The van der Waals surface area contributed by atoms with Crippen molar-refractivity contribution in [3.63, 3.8) is 0 Å². The number of hydrogen-bond donors (Lipinski definition) is 1. The Balaban J connectivity index is 1.46. The van der Waals surface area contributed by atoms with E-state index in [0.717, 1.165) is 23.3 Å². The van der Waals surface area contributed by atoms with E-state index >= 15 is 0 Å². The fourth-order valence-corrected chi connectivity index (χ4v) is 3.54. The lowest BCUT2D eigenvalue weighted by atomic mass is 10.1. The Bertz CT molecular complexity index is 1440. The van der Waals surface area contributed by atoms with Crippen molar-refractivity contribution >= 4 is 22.6 Å². The third-order valence-electron chi connectivity index (χ3n) is 5.01. The number of amides is 1. The van der Waals surface area contributed by atoms with E-state index in [1.807, 2.05) is 19.9 Å². The molecule has 4 rings (SSSR count). The number of nitrogens with one attached hydrogen (secondary N) is 1. The summed E-state index contributed by atoms with van der Waals surface area (Å²) in [5.41, 5.74) is 0.450. The molecule has 0 radical (unpaired) electrons. The molecule has 1 aromatic heterocycles. The van der Waals surface area contributed by atoms with Crippen LogP contribution >= 0.6 is 0 Å². The summed E-state index contributed by atoms with van der Waals surface area (Å²) >= 11 is 0. The van der Waals surface area contributed by atoms with Gasteiger partial charge in [-0.25, -0.2) is 0 Å². The fraction of sp³-hybridized carbons (Fsp3) is 0.154. The number of anilines is 1. The van der Waals surface area contributed by atoms with Gasteiger partial charge in [0.15, 0.2) is 6.61 Å². The van der Waals surface area contributed by atoms with Gasteiger partial charge < -0.3 is 19.2 Å². The number of rotatable bonds is 6. The van der Waals surface area contributed by atoms with E-state index in [1.165, 1.54) is 36.6 Å². The van der Waals surface area contributed by atoms with E-state index in [9.17, 15) is 22.8 Å². The molecule has 1 N–H and O–H groups in total. The summed E-state index contributed by atoms with van der Waals surface area (Å²) < 4.78 is 55.9. The average molecular weight is 483 g/mol. The molecule has 0 saturated heterocycles. The van der Waals surface area contributed by atoms with Crippen LogP contribution in [0.15, 0.2) is 76.1 Å². The highest BCUT2D eigenvalue weighted by atomic mass is 19.4. The third-order valence-corrected chi connectivity index (χ3v) is 5.01. The molecular weight excluding hydrogens is 463 g/mol. The minimum Gasteiger partial charge on any atom is -0.484 e. The van der Waals surface area contributed by atoms with Crippen molar-refractivity contribution < 1.29 is 31.9 Å². The maximum absolute atomic E-state index is 13.1. The van der Waals surface area contributed by atoms with Gasteiger partial charge in [0.05, 0.1) is 16.6 Å². The minimum atomic E-state index is -4.61. The lowest BCUT2D eigenvalue weighted by Crippen LogP contribution is -2.22. The maximum Gasteiger partial charge on any atom is 0.418 e. The quantitative estimate of drug-likeness (QED) is 0.351. The van der Waals surface area contributed by atoms with E-state index in [1.54, 1.807) is 12.1 Å². The predicted octanol–water partition coefficient (Wildman–Crippen LogP) is 6.24. The average Bonchev–Trinajstić information content (AvgIpc) is 2.78. The molecule has 6 nitrogen and oxygen atoms in total. The normalized spacial score (nSPS) is 11.3. The van der Waals surface area contributed by atoms with E-state index in [4.69, 9.17) is 13.9 Å². The van der Waals surface area contributed by atoms with Gasteiger partial charge in [0.2, 0.25) is 11.2 Å². The van der Waals surface area contributed by atoms with Crippen LogP contribution in [0.5, 0.6) is 17.2 Å². The number of benzene rings is 3. The Morgan fingerprint density at radius 2 is 1.69 bits per heavy atom. The first-order valence-electron chi connectivity index (χ1n) is 10.5. The Hall–Kier alpha value is -4.27. The number of ether oxygens (including phenoxy) is 2. The van der Waals surface area contributed by atoms with Crippen LogP contribution in [-0.2, 0) is 11.0 Å². The van der Waals surface area contributed by atoms with Crippen molar-refractivity contribution in [1.82, 2.24) is 0 Å². The summed E-state index contributed by atoms with van der Waals surface area (Å²) in [6, 6.07) is 14.5. The number of aryl methyl sites for hydroxylation is 2. The molecule has 0 aliphatic rings. The summed E-state index contributed by atoms with van der Waals surface area (Å²) in [4.78, 5) is 25.0. The first kappa shape index (κ1) is 23.9. The molecule has 1 heterocycles. The number of halogens is 3. The molecule has 0 aliphatic heterocycles. The molecule has 9 heteroatoms. The van der Waals surface area contributed by atoms with Crippen molar-refractivity contribution in [3.8, 4) is 17.2 Å². The largest absolute Gasteiger partial charge is 0.484 e. The zero-order chi connectivity index (χ0) is 25.2. The molecule has 0 unspecified atom stereocenters. The zero-order valence-corrected chi connectivity index (χ0v) is 18.7. The minimum absolute atomic E-state index is 0.0128. The molecule has 0 bridgehead atoms. The van der Waals surface area contributed by atoms with Gasteiger partial charge in [-0.1, -0.05) is 18.2 Å². The fourth-order valence-electron chi connectivity index (χ4n) is 3.54. The molecule has 0 atom stereocenters. The molecular formula is C26H20F3NO5. The third kappa shape index (κ3) is 5.63. The standard InChI is InChI=1S/C26H20F3NO5/c1-15-9-16(2)11-18(10-15)35-23-13-34-22-12-17(7-8-19(22)25(23)32)33-14-24(31)30-21-6-4-3-5-20(21)26(27,28)29/h3-13H,14H2,1-2H3,(H,30,31). The summed E-state index contributed by atoms with van der Waals surface area (Å²) in [5.74, 6) is -0.0607. The Kier molecular flexibility index (Phi) is 6.50. The van der Waals surface area contributed by atoms with Gasteiger partial charge in [0, 0.05) is 6.07 Å². The van der Waals surface area contributed by atoms with Crippen LogP contribution in [0.3, 0.4) is 0 Å². The van der Waals surface area contributed by atoms with Gasteiger partial charge in [-0.15, -0.1) is 0 Å². The van der Waals surface area contributed by atoms with Crippen molar-refractivity contribution in [1.29, 1.82) is 0 Å². The molecule has 3 aromatic carbocycles. The van der Waals surface area contributed by atoms with Gasteiger partial charge in [-0.3, -0.25) is 9.59 Å². The van der Waals surface area contributed by atoms with E-state index in [-0.39, 0.29) is 28.2 Å². The van der Waals surface area contributed by atoms with Crippen molar-refractivity contribution in [3.05, 3.63) is 93.8 Å². The molecule has 0 aliphatic carbocycles. The predicted molar refractivity (Wildman–Crippen MR) is 124 cm³/mol. The maximum atomic E-state index is 13.1. The Morgan fingerprint density at radius 3 is 2.40 bits per heavy atom. The van der Waals surface area contributed by atoms with Gasteiger partial charge >= 0.3 is 6.18 Å². The van der Waals surface area contributed by atoms with E-state index in [2.05, 4.69) is 5.32 Å². The summed E-state index contributed by atoms with van der Waals surface area (Å²) in [7, 11) is 0. The van der Waals surface area contributed by atoms with Gasteiger partial charge in [0.25, 0.3) is 5.91 Å². The lowest BCUT2D eigenvalue weighted by Gasteiger charge is -2.14. The highest BCUT2D eigenvalue weighted by molar-refractivity contribution is 5.92. The SMILES string of the molecule is Cc1cc(C)cc(Oc2coc3cc(OCC(=O)Nc4ccccc4C(F)(F)F)ccc3c2=O)c1. The van der Waals surface area contributed by atoms with Crippen molar-refractivity contribution in [2.75, 3.05) is 11.9 Å². The van der Waals surface area contributed by atoms with Crippen molar-refractivity contribution in [2.45, 2.75) is 20.0 Å². The topological polar surface area (TPSA) is 77.8 Å². The summed E-state index contributed by atoms with van der Waals surface area (Å²) in [5, 5.41) is 2.44. The van der Waals surface area contributed by atoms with E-state index < -0.39 is 29.7 Å². The Morgan fingerprint density at radius 1 is 0.971 bits per heavy atom. The number of alkyl halides is 3. The van der Waals surface area contributed by atoms with Crippen molar-refractivity contribution in [2.24, 2.45) is 0 Å². The van der Waals surface area contributed by atoms with Crippen LogP contribution in [0, 0.1) is 13.8 Å². The van der Waals surface area contributed by atoms with Crippen LogP contribution in [-0.4, -0.2) is 12.5 Å². The molecule has 0 fully saturated rings. The molecule has 4 aromatic rings. The second-order valence-electron chi connectivity index (χ2n) is 7.89.